The summed E-state index contributed by atoms with van der Waals surface area (Å²) in [5, 5.41) is 87.7. The second kappa shape index (κ2) is 67.8. The molecule has 9 N–H and O–H groups in total. The molecule has 0 aromatic heterocycles. The van der Waals surface area contributed by atoms with Crippen molar-refractivity contribution in [3.05, 3.63) is 109 Å². The van der Waals surface area contributed by atoms with Crippen molar-refractivity contribution in [2.24, 2.45) is 0 Å². The molecule has 0 radical (unpaired) electrons. The van der Waals surface area contributed by atoms with Crippen molar-refractivity contribution in [3.8, 4) is 0 Å². The first-order valence-electron chi connectivity index (χ1n) is 40.6. The molecule has 0 spiro atoms. The number of carbonyl (C=O) groups is 1. The highest BCUT2D eigenvalue weighted by Crippen LogP contribution is 2.30. The van der Waals surface area contributed by atoms with Crippen molar-refractivity contribution in [3.63, 3.8) is 0 Å². The lowest BCUT2D eigenvalue weighted by Gasteiger charge is -2.46. The van der Waals surface area contributed by atoms with Gasteiger partial charge in [0.2, 0.25) is 5.91 Å². The molecule has 572 valence electrons. The van der Waals surface area contributed by atoms with Gasteiger partial charge in [0.05, 0.1) is 32.0 Å². The van der Waals surface area contributed by atoms with Gasteiger partial charge in [0, 0.05) is 6.42 Å². The van der Waals surface area contributed by atoms with E-state index in [0.717, 1.165) is 77.0 Å². The third kappa shape index (κ3) is 50.7. The molecule has 1 amide bonds. The highest BCUT2D eigenvalue weighted by molar-refractivity contribution is 5.76. The Balaban J connectivity index is 1.62. The van der Waals surface area contributed by atoms with Crippen LogP contribution in [-0.2, 0) is 23.7 Å². The molecule has 0 saturated carbocycles. The summed E-state index contributed by atoms with van der Waals surface area (Å²) in [4.78, 5) is 13.4. The molecule has 14 nitrogen and oxygen atoms in total. The minimum atomic E-state index is -1.80. The van der Waals surface area contributed by atoms with Gasteiger partial charge in [-0.3, -0.25) is 4.79 Å². The summed E-state index contributed by atoms with van der Waals surface area (Å²) in [6, 6.07) is -0.939. The molecule has 2 fully saturated rings. The lowest BCUT2D eigenvalue weighted by atomic mass is 9.97. The van der Waals surface area contributed by atoms with Gasteiger partial charge >= 0.3 is 0 Å². The van der Waals surface area contributed by atoms with Crippen LogP contribution in [0.4, 0.5) is 0 Å². The molecule has 0 aliphatic carbocycles. The molecular formula is C85H149NO13. The summed E-state index contributed by atoms with van der Waals surface area (Å²) < 4.78 is 22.9. The monoisotopic (exact) mass is 1390 g/mol. The van der Waals surface area contributed by atoms with E-state index in [1.807, 2.05) is 6.08 Å². The number of aliphatic hydroxyl groups excluding tert-OH is 8. The number of nitrogens with one attached hydrogen (secondary N) is 1. The van der Waals surface area contributed by atoms with E-state index in [1.165, 1.54) is 218 Å². The number of carbonyl (C=O) groups excluding carboxylic acids is 1. The molecule has 2 aliphatic rings. The minimum Gasteiger partial charge on any atom is -0.394 e. The number of aliphatic hydroxyl groups is 8. The maximum Gasteiger partial charge on any atom is 0.220 e. The minimum absolute atomic E-state index is 0.249. The van der Waals surface area contributed by atoms with Gasteiger partial charge in [-0.2, -0.15) is 0 Å². The molecule has 99 heavy (non-hydrogen) atoms. The fourth-order valence-electron chi connectivity index (χ4n) is 12.8. The molecule has 12 unspecified atom stereocenters. The largest absolute Gasteiger partial charge is 0.394 e. The number of allylic oxidation sites excluding steroid dienone is 17. The van der Waals surface area contributed by atoms with Gasteiger partial charge in [-0.25, -0.2) is 0 Å². The van der Waals surface area contributed by atoms with Crippen LogP contribution in [0.25, 0.3) is 0 Å². The predicted molar refractivity (Wildman–Crippen MR) is 410 cm³/mol. The van der Waals surface area contributed by atoms with Gasteiger partial charge in [-0.05, 0) is 89.9 Å². The van der Waals surface area contributed by atoms with Crippen LogP contribution < -0.4 is 5.32 Å². The van der Waals surface area contributed by atoms with Gasteiger partial charge in [0.25, 0.3) is 0 Å². The van der Waals surface area contributed by atoms with Gasteiger partial charge in [-0.15, -0.1) is 0 Å². The number of amides is 1. The average Bonchev–Trinajstić information content (AvgIpc) is 0.793. The highest BCUT2D eigenvalue weighted by Gasteiger charge is 2.51. The lowest BCUT2D eigenvalue weighted by molar-refractivity contribution is -0.359. The van der Waals surface area contributed by atoms with Crippen molar-refractivity contribution in [2.45, 2.75) is 402 Å². The topological polar surface area (TPSA) is 228 Å². The Morgan fingerprint density at radius 1 is 0.374 bits per heavy atom. The molecule has 2 aliphatic heterocycles. The molecule has 2 saturated heterocycles. The zero-order valence-corrected chi connectivity index (χ0v) is 62.7. The third-order valence-corrected chi connectivity index (χ3v) is 19.2. The molecular weight excluding hydrogens is 1240 g/mol. The van der Waals surface area contributed by atoms with Gasteiger partial charge in [0.15, 0.2) is 12.6 Å². The SMILES string of the molecule is CC/C=C\C/C=C\C/C=C\C/C=C\C/C=C\C/C=C\C/C=C\CCCCCCCCCCCCCCCCCC(=O)NC(COC1OC(CO)C(OC2OC(CO)C(O)C(O)C2O)C(O)C1O)C(O)/C=C/CC/C=C/CCCCCCCCCCCCCCCCCCCCCCCC. The number of hydrogen-bond acceptors (Lipinski definition) is 13. The summed E-state index contributed by atoms with van der Waals surface area (Å²) >= 11 is 0. The van der Waals surface area contributed by atoms with Crippen LogP contribution in [0.5, 0.6) is 0 Å². The third-order valence-electron chi connectivity index (χ3n) is 19.2. The first-order chi connectivity index (χ1) is 48.6. The van der Waals surface area contributed by atoms with Crippen LogP contribution in [0.1, 0.15) is 328 Å². The van der Waals surface area contributed by atoms with E-state index in [4.69, 9.17) is 18.9 Å². The van der Waals surface area contributed by atoms with E-state index in [-0.39, 0.29) is 18.9 Å². The standard InChI is InChI=1S/C85H149NO13/c1-3-5-7-9-11-13-15-17-19-21-23-25-27-29-31-33-34-35-36-37-38-39-40-41-43-45-47-49-51-53-55-57-59-61-63-65-67-69-77(90)86-73(72-96-84-82(95)80(93)83(76(71-88)98-84)99-85-81(94)79(92)78(91)75(70-87)97-85)74(89)68-66-64-62-60-58-56-54-52-50-48-46-44-42-32-30-28-26-24-22-20-18-16-14-12-10-8-6-4-2/h5,7,11,13,17,19,23,25,29,31,34-35,37-38,58,60,66,68,73-76,78-85,87-89,91-95H,3-4,6,8-10,12,14-16,18,20-22,24,26-28,30,32-33,36,39-57,59,61-65,67,69-72H2,1-2H3,(H,86,90)/b7-5-,13-11-,19-17-,25-23-,31-29-,35-34-,38-37-,60-58+,68-66+. The Morgan fingerprint density at radius 2 is 0.707 bits per heavy atom. The summed E-state index contributed by atoms with van der Waals surface area (Å²) in [7, 11) is 0. The summed E-state index contributed by atoms with van der Waals surface area (Å²) in [5.74, 6) is -0.249. The molecule has 0 bridgehead atoms. The summed E-state index contributed by atoms with van der Waals surface area (Å²) in [6.07, 6.45) is 81.7. The van der Waals surface area contributed by atoms with E-state index >= 15 is 0 Å². The van der Waals surface area contributed by atoms with E-state index in [9.17, 15) is 45.6 Å². The van der Waals surface area contributed by atoms with Gasteiger partial charge in [0.1, 0.15) is 48.8 Å². The first-order valence-corrected chi connectivity index (χ1v) is 40.6. The van der Waals surface area contributed by atoms with Crippen molar-refractivity contribution in [2.75, 3.05) is 19.8 Å². The fraction of sp³-hybridized carbons (Fsp3) is 0.776. The zero-order valence-electron chi connectivity index (χ0n) is 62.7. The van der Waals surface area contributed by atoms with Crippen LogP contribution in [0.2, 0.25) is 0 Å². The number of hydrogen-bond donors (Lipinski definition) is 9. The Hall–Kier alpha value is -3.35. The molecule has 2 rings (SSSR count). The molecule has 14 heteroatoms. The van der Waals surface area contributed by atoms with Crippen LogP contribution in [0.15, 0.2) is 109 Å². The smallest absolute Gasteiger partial charge is 0.220 e. The molecule has 2 heterocycles. The van der Waals surface area contributed by atoms with Crippen molar-refractivity contribution < 1.29 is 64.6 Å². The second-order valence-corrected chi connectivity index (χ2v) is 28.2. The Labute approximate surface area is 604 Å². The average molecular weight is 1390 g/mol. The Morgan fingerprint density at radius 3 is 1.11 bits per heavy atom. The number of ether oxygens (including phenoxy) is 4. The quantitative estimate of drug-likeness (QED) is 0.0204. The summed E-state index contributed by atoms with van der Waals surface area (Å²) in [5.41, 5.74) is 0. The molecule has 0 aromatic rings. The van der Waals surface area contributed by atoms with Crippen LogP contribution in [0.3, 0.4) is 0 Å². The molecule has 0 aromatic carbocycles. The van der Waals surface area contributed by atoms with Crippen molar-refractivity contribution >= 4 is 5.91 Å². The Kier molecular flexibility index (Phi) is 62.8. The van der Waals surface area contributed by atoms with Gasteiger partial charge < -0.3 is 65.1 Å². The Bertz CT molecular complexity index is 2080. The van der Waals surface area contributed by atoms with Crippen LogP contribution in [-0.4, -0.2) is 140 Å². The fourth-order valence-corrected chi connectivity index (χ4v) is 12.8. The first kappa shape index (κ1) is 91.7. The normalized spacial score (nSPS) is 22.5. The lowest BCUT2D eigenvalue weighted by Crippen LogP contribution is -2.65. The van der Waals surface area contributed by atoms with E-state index < -0.39 is 86.8 Å². The molecule has 12 atom stereocenters. The number of rotatable bonds is 67. The van der Waals surface area contributed by atoms with E-state index in [0.29, 0.717) is 12.8 Å². The second-order valence-electron chi connectivity index (χ2n) is 28.2. The van der Waals surface area contributed by atoms with Gasteiger partial charge in [-0.1, -0.05) is 342 Å². The summed E-state index contributed by atoms with van der Waals surface area (Å²) in [6.45, 7) is 2.71. The maximum atomic E-state index is 13.4. The predicted octanol–water partition coefficient (Wildman–Crippen LogP) is 18.6. The zero-order chi connectivity index (χ0) is 71.5. The van der Waals surface area contributed by atoms with Crippen molar-refractivity contribution in [1.82, 2.24) is 5.32 Å². The number of unbranched alkanes of at least 4 members (excludes halogenated alkanes) is 38. The maximum absolute atomic E-state index is 13.4. The van der Waals surface area contributed by atoms with E-state index in [2.05, 4.69) is 116 Å². The van der Waals surface area contributed by atoms with E-state index in [1.54, 1.807) is 6.08 Å². The van der Waals surface area contributed by atoms with Crippen LogP contribution in [0, 0.1) is 0 Å². The van der Waals surface area contributed by atoms with Crippen LogP contribution >= 0.6 is 0 Å². The highest BCUT2D eigenvalue weighted by atomic mass is 16.7. The van der Waals surface area contributed by atoms with Crippen molar-refractivity contribution in [1.29, 1.82) is 0 Å².